The van der Waals surface area contributed by atoms with Crippen molar-refractivity contribution in [1.82, 2.24) is 0 Å². The first-order valence-electron chi connectivity index (χ1n) is 5.89. The number of aryl methyl sites for hydroxylation is 1. The molecule has 0 aliphatic heterocycles. The molecule has 0 aromatic heterocycles. The lowest BCUT2D eigenvalue weighted by Gasteiger charge is -2.12. The topological polar surface area (TPSA) is 29.5 Å². The third-order valence-corrected chi connectivity index (χ3v) is 3.35. The Labute approximate surface area is 122 Å². The zero-order chi connectivity index (χ0) is 14.0. The smallest absolute Gasteiger partial charge is 0.146 e. The molecule has 0 saturated heterocycles. The van der Waals surface area contributed by atoms with E-state index in [0.717, 1.165) is 11.1 Å². The maximum atomic E-state index is 9.49. The van der Waals surface area contributed by atoms with Gasteiger partial charge in [0, 0.05) is 0 Å². The van der Waals surface area contributed by atoms with E-state index in [1.165, 1.54) is 0 Å². The molecule has 2 aromatic carbocycles. The quantitative estimate of drug-likeness (QED) is 0.849. The molecule has 0 heterocycles. The van der Waals surface area contributed by atoms with Gasteiger partial charge in [0.25, 0.3) is 0 Å². The first-order chi connectivity index (χ1) is 8.97. The average Bonchev–Trinajstić information content (AvgIpc) is 2.36. The number of benzene rings is 2. The molecule has 0 saturated carbocycles. The SMILES string of the molecule is Cc1ccc(Cl)c(Oc2ccc([C@H](C)O)cc2Cl)c1. The number of aliphatic hydroxyl groups excluding tert-OH is 1. The Morgan fingerprint density at radius 1 is 1.00 bits per heavy atom. The molecule has 4 heteroatoms. The van der Waals surface area contributed by atoms with E-state index in [1.54, 1.807) is 31.2 Å². The van der Waals surface area contributed by atoms with Gasteiger partial charge in [-0.1, -0.05) is 35.3 Å². The largest absolute Gasteiger partial charge is 0.454 e. The van der Waals surface area contributed by atoms with Crippen LogP contribution in [0.5, 0.6) is 11.5 Å². The van der Waals surface area contributed by atoms with E-state index in [0.29, 0.717) is 21.5 Å². The molecule has 0 bridgehead atoms. The minimum absolute atomic E-state index is 0.441. The van der Waals surface area contributed by atoms with E-state index in [1.807, 2.05) is 19.1 Å². The second kappa shape index (κ2) is 5.83. The van der Waals surface area contributed by atoms with Gasteiger partial charge < -0.3 is 9.84 Å². The van der Waals surface area contributed by atoms with Crippen molar-refractivity contribution < 1.29 is 9.84 Å². The molecular formula is C15H14Cl2O2. The van der Waals surface area contributed by atoms with E-state index < -0.39 is 6.10 Å². The van der Waals surface area contributed by atoms with Crippen LogP contribution < -0.4 is 4.74 Å². The molecule has 0 aliphatic rings. The van der Waals surface area contributed by atoms with Crippen LogP contribution in [0.4, 0.5) is 0 Å². The standard InChI is InChI=1S/C15H14Cl2O2/c1-9-3-5-12(16)15(7-9)19-14-6-4-11(10(2)18)8-13(14)17/h3-8,10,18H,1-2H3/t10-/m0/s1. The molecule has 2 rings (SSSR count). The fourth-order valence-corrected chi connectivity index (χ4v) is 2.05. The first kappa shape index (κ1) is 14.2. The van der Waals surface area contributed by atoms with Crippen LogP contribution in [-0.4, -0.2) is 5.11 Å². The van der Waals surface area contributed by atoms with Gasteiger partial charge in [-0.15, -0.1) is 0 Å². The summed E-state index contributed by atoms with van der Waals surface area (Å²) in [4.78, 5) is 0. The molecule has 1 atom stereocenters. The molecule has 0 fully saturated rings. The molecule has 1 N–H and O–H groups in total. The van der Waals surface area contributed by atoms with Gasteiger partial charge in [0.05, 0.1) is 16.1 Å². The van der Waals surface area contributed by atoms with Crippen LogP contribution >= 0.6 is 23.2 Å². The molecule has 0 spiro atoms. The Bertz CT molecular complexity index is 595. The fourth-order valence-electron chi connectivity index (χ4n) is 1.67. The summed E-state index contributed by atoms with van der Waals surface area (Å²) in [7, 11) is 0. The molecule has 19 heavy (non-hydrogen) atoms. The Hall–Kier alpha value is -1.22. The van der Waals surface area contributed by atoms with Gasteiger partial charge in [0.1, 0.15) is 11.5 Å². The van der Waals surface area contributed by atoms with Crippen LogP contribution in [0.2, 0.25) is 10.0 Å². The maximum Gasteiger partial charge on any atom is 0.146 e. The number of hydrogen-bond donors (Lipinski definition) is 1. The van der Waals surface area contributed by atoms with Crippen molar-refractivity contribution in [2.24, 2.45) is 0 Å². The third-order valence-electron chi connectivity index (χ3n) is 2.74. The van der Waals surface area contributed by atoms with Crippen LogP contribution in [-0.2, 0) is 0 Å². The number of aliphatic hydroxyl groups is 1. The summed E-state index contributed by atoms with van der Waals surface area (Å²) in [6.07, 6.45) is -0.561. The van der Waals surface area contributed by atoms with E-state index >= 15 is 0 Å². The van der Waals surface area contributed by atoms with Gasteiger partial charge in [0.15, 0.2) is 0 Å². The Balaban J connectivity index is 2.31. The first-order valence-corrected chi connectivity index (χ1v) is 6.64. The van der Waals surface area contributed by atoms with Gasteiger partial charge in [0.2, 0.25) is 0 Å². The highest BCUT2D eigenvalue weighted by Crippen LogP contribution is 2.35. The highest BCUT2D eigenvalue weighted by molar-refractivity contribution is 6.32. The number of ether oxygens (including phenoxy) is 1. The average molecular weight is 297 g/mol. The Morgan fingerprint density at radius 2 is 1.74 bits per heavy atom. The predicted octanol–water partition coefficient (Wildman–Crippen LogP) is 5.15. The molecule has 0 unspecified atom stereocenters. The second-order valence-electron chi connectivity index (χ2n) is 4.40. The molecule has 2 nitrogen and oxygen atoms in total. The summed E-state index contributed by atoms with van der Waals surface area (Å²) in [6.45, 7) is 3.64. The Kier molecular flexibility index (Phi) is 4.35. The lowest BCUT2D eigenvalue weighted by atomic mass is 10.1. The highest BCUT2D eigenvalue weighted by atomic mass is 35.5. The summed E-state index contributed by atoms with van der Waals surface area (Å²) in [5, 5.41) is 10.5. The van der Waals surface area contributed by atoms with Crippen molar-refractivity contribution in [2.75, 3.05) is 0 Å². The predicted molar refractivity (Wildman–Crippen MR) is 78.3 cm³/mol. The molecule has 0 aliphatic carbocycles. The van der Waals surface area contributed by atoms with Gasteiger partial charge in [-0.2, -0.15) is 0 Å². The van der Waals surface area contributed by atoms with Crippen molar-refractivity contribution >= 4 is 23.2 Å². The molecular weight excluding hydrogens is 283 g/mol. The number of halogens is 2. The van der Waals surface area contributed by atoms with Crippen LogP contribution in [0, 0.1) is 6.92 Å². The minimum atomic E-state index is -0.561. The highest BCUT2D eigenvalue weighted by Gasteiger charge is 2.09. The van der Waals surface area contributed by atoms with E-state index in [-0.39, 0.29) is 0 Å². The summed E-state index contributed by atoms with van der Waals surface area (Å²) in [5.74, 6) is 1.08. The van der Waals surface area contributed by atoms with Crippen LogP contribution in [0.1, 0.15) is 24.2 Å². The van der Waals surface area contributed by atoms with Gasteiger partial charge in [-0.05, 0) is 49.2 Å². The minimum Gasteiger partial charge on any atom is -0.454 e. The Morgan fingerprint density at radius 3 is 2.37 bits per heavy atom. The van der Waals surface area contributed by atoms with Gasteiger partial charge in [-0.25, -0.2) is 0 Å². The molecule has 0 amide bonds. The normalized spacial score (nSPS) is 12.3. The summed E-state index contributed by atoms with van der Waals surface area (Å²) in [5.41, 5.74) is 1.80. The van der Waals surface area contributed by atoms with Crippen molar-refractivity contribution in [3.63, 3.8) is 0 Å². The molecule has 100 valence electrons. The summed E-state index contributed by atoms with van der Waals surface area (Å²) < 4.78 is 5.71. The van der Waals surface area contributed by atoms with Gasteiger partial charge >= 0.3 is 0 Å². The van der Waals surface area contributed by atoms with Crippen LogP contribution in [0.25, 0.3) is 0 Å². The molecule has 0 radical (unpaired) electrons. The van der Waals surface area contributed by atoms with Gasteiger partial charge in [-0.3, -0.25) is 0 Å². The van der Waals surface area contributed by atoms with Crippen LogP contribution in [0.15, 0.2) is 36.4 Å². The van der Waals surface area contributed by atoms with E-state index in [4.69, 9.17) is 27.9 Å². The third kappa shape index (κ3) is 3.41. The lowest BCUT2D eigenvalue weighted by molar-refractivity contribution is 0.199. The van der Waals surface area contributed by atoms with Crippen molar-refractivity contribution in [3.8, 4) is 11.5 Å². The summed E-state index contributed by atoms with van der Waals surface area (Å²) in [6, 6.07) is 10.7. The zero-order valence-electron chi connectivity index (χ0n) is 10.7. The zero-order valence-corrected chi connectivity index (χ0v) is 12.2. The maximum absolute atomic E-state index is 9.49. The van der Waals surface area contributed by atoms with Crippen molar-refractivity contribution in [1.29, 1.82) is 0 Å². The van der Waals surface area contributed by atoms with E-state index in [2.05, 4.69) is 0 Å². The van der Waals surface area contributed by atoms with Crippen molar-refractivity contribution in [3.05, 3.63) is 57.6 Å². The van der Waals surface area contributed by atoms with Crippen molar-refractivity contribution in [2.45, 2.75) is 20.0 Å². The second-order valence-corrected chi connectivity index (χ2v) is 5.22. The number of rotatable bonds is 3. The van der Waals surface area contributed by atoms with Crippen LogP contribution in [0.3, 0.4) is 0 Å². The monoisotopic (exact) mass is 296 g/mol. The summed E-state index contributed by atoms with van der Waals surface area (Å²) >= 11 is 12.2. The fraction of sp³-hybridized carbons (Fsp3) is 0.200. The molecule has 2 aromatic rings. The lowest BCUT2D eigenvalue weighted by Crippen LogP contribution is -1.92. The number of hydrogen-bond acceptors (Lipinski definition) is 2. The van der Waals surface area contributed by atoms with E-state index in [9.17, 15) is 5.11 Å².